The zero-order chi connectivity index (χ0) is 6.10. The van der Waals surface area contributed by atoms with Gasteiger partial charge in [0.25, 0.3) is 0 Å². The molecule has 1 heterocycles. The fourth-order valence-electron chi connectivity index (χ4n) is 0.803. The fourth-order valence-corrected chi connectivity index (χ4v) is 0.803. The van der Waals surface area contributed by atoms with E-state index < -0.39 is 0 Å². The van der Waals surface area contributed by atoms with Crippen LogP contribution in [0.4, 0.5) is 0 Å². The Morgan fingerprint density at radius 1 is 1.20 bits per heavy atom. The molecule has 1 aromatic heterocycles. The molecule has 0 saturated carbocycles. The van der Waals surface area contributed by atoms with Crippen LogP contribution in [-0.4, -0.2) is 4.98 Å². The Labute approximate surface area is 71.6 Å². The van der Waals surface area contributed by atoms with Crippen LogP contribution in [0, 0.1) is 0 Å². The molecule has 0 unspecified atom stereocenters. The topological polar surface area (TPSA) is 26.0 Å². The first-order valence-electron chi connectivity index (χ1n) is 2.75. The Hall–Kier alpha value is -0.661. The molecule has 1 aromatic carbocycles. The number of oxazole rings is 1. The zero-order valence-corrected chi connectivity index (χ0v) is 7.47. The summed E-state index contributed by atoms with van der Waals surface area (Å²) in [7, 11) is 0. The van der Waals surface area contributed by atoms with Crippen molar-refractivity contribution in [3.63, 3.8) is 0 Å². The van der Waals surface area contributed by atoms with E-state index in [4.69, 9.17) is 4.42 Å². The van der Waals surface area contributed by atoms with Gasteiger partial charge in [0, 0.05) is 20.1 Å². The number of rotatable bonds is 0. The van der Waals surface area contributed by atoms with Crippen LogP contribution < -0.4 is 0 Å². The van der Waals surface area contributed by atoms with Crippen LogP contribution in [0.15, 0.2) is 35.1 Å². The molecule has 0 aliphatic heterocycles. The normalized spacial score (nSPS) is 9.20. The van der Waals surface area contributed by atoms with Gasteiger partial charge >= 0.3 is 0 Å². The molecule has 0 amide bonds. The number of nitrogens with zero attached hydrogens (tertiary/aromatic N) is 1. The standard InChI is InChI=1S/C7H5NO.Ir/c1-2-4-7-6(3-1)8-5-9-7;/h1-5H;. The molecule has 0 N–H and O–H groups in total. The van der Waals surface area contributed by atoms with Crippen molar-refractivity contribution in [1.29, 1.82) is 0 Å². The van der Waals surface area contributed by atoms with Gasteiger partial charge in [-0.1, -0.05) is 12.1 Å². The summed E-state index contributed by atoms with van der Waals surface area (Å²) >= 11 is 0. The van der Waals surface area contributed by atoms with Crippen molar-refractivity contribution in [3.8, 4) is 0 Å². The SMILES string of the molecule is [Ir].c1ccc2ocnc2c1. The maximum Gasteiger partial charge on any atom is 0.181 e. The molecule has 2 aromatic rings. The molecule has 0 aliphatic carbocycles. The van der Waals surface area contributed by atoms with Gasteiger partial charge in [-0.05, 0) is 12.1 Å². The van der Waals surface area contributed by atoms with Crippen LogP contribution in [0.2, 0.25) is 0 Å². The van der Waals surface area contributed by atoms with Crippen LogP contribution >= 0.6 is 0 Å². The molecule has 0 bridgehead atoms. The van der Waals surface area contributed by atoms with E-state index >= 15 is 0 Å². The average Bonchev–Trinajstić information content (AvgIpc) is 2.33. The van der Waals surface area contributed by atoms with Crippen molar-refractivity contribution in [2.24, 2.45) is 0 Å². The summed E-state index contributed by atoms with van der Waals surface area (Å²) in [5, 5.41) is 0. The Balaban J connectivity index is 0.000000500. The minimum absolute atomic E-state index is 0. The Morgan fingerprint density at radius 2 is 2.00 bits per heavy atom. The van der Waals surface area contributed by atoms with E-state index in [9.17, 15) is 0 Å². The molecule has 0 fully saturated rings. The van der Waals surface area contributed by atoms with E-state index in [1.807, 2.05) is 24.3 Å². The molecule has 0 aliphatic rings. The molecule has 0 saturated heterocycles. The van der Waals surface area contributed by atoms with Crippen LogP contribution in [-0.2, 0) is 20.1 Å². The maximum atomic E-state index is 5.01. The number of benzene rings is 1. The minimum atomic E-state index is 0. The van der Waals surface area contributed by atoms with Crippen molar-refractivity contribution >= 4 is 11.1 Å². The molecule has 0 atom stereocenters. The number of hydrogen-bond donors (Lipinski definition) is 0. The minimum Gasteiger partial charge on any atom is -0.443 e. The molecule has 10 heavy (non-hydrogen) atoms. The summed E-state index contributed by atoms with van der Waals surface area (Å²) in [5.41, 5.74) is 1.76. The van der Waals surface area contributed by atoms with E-state index in [1.165, 1.54) is 6.39 Å². The summed E-state index contributed by atoms with van der Waals surface area (Å²) in [5.74, 6) is 0. The van der Waals surface area contributed by atoms with E-state index in [0.29, 0.717) is 0 Å². The fraction of sp³-hybridized carbons (Fsp3) is 0. The third-order valence-corrected chi connectivity index (χ3v) is 1.24. The Kier molecular flexibility index (Phi) is 2.20. The number of para-hydroxylation sites is 2. The van der Waals surface area contributed by atoms with Crippen LogP contribution in [0.25, 0.3) is 11.1 Å². The predicted octanol–water partition coefficient (Wildman–Crippen LogP) is 1.83. The molecule has 53 valence electrons. The number of fused-ring (bicyclic) bond motifs is 1. The first-order chi connectivity index (χ1) is 4.47. The van der Waals surface area contributed by atoms with Crippen LogP contribution in [0.3, 0.4) is 0 Å². The van der Waals surface area contributed by atoms with Gasteiger partial charge in [0.1, 0.15) is 5.52 Å². The van der Waals surface area contributed by atoms with Crippen LogP contribution in [0.5, 0.6) is 0 Å². The molecular weight excluding hydrogens is 306 g/mol. The number of aromatic nitrogens is 1. The van der Waals surface area contributed by atoms with Gasteiger partial charge in [0.15, 0.2) is 12.0 Å². The van der Waals surface area contributed by atoms with E-state index in [0.717, 1.165) is 11.1 Å². The third-order valence-electron chi connectivity index (χ3n) is 1.24. The van der Waals surface area contributed by atoms with Gasteiger partial charge in [-0.2, -0.15) is 0 Å². The van der Waals surface area contributed by atoms with E-state index in [-0.39, 0.29) is 20.1 Å². The number of hydrogen-bond acceptors (Lipinski definition) is 2. The van der Waals surface area contributed by atoms with Gasteiger partial charge in [-0.3, -0.25) is 0 Å². The Morgan fingerprint density at radius 3 is 2.80 bits per heavy atom. The van der Waals surface area contributed by atoms with Gasteiger partial charge in [-0.15, -0.1) is 0 Å². The summed E-state index contributed by atoms with van der Waals surface area (Å²) in [6.07, 6.45) is 1.45. The molecule has 2 rings (SSSR count). The first-order valence-corrected chi connectivity index (χ1v) is 2.75. The smallest absolute Gasteiger partial charge is 0.181 e. The van der Waals surface area contributed by atoms with Gasteiger partial charge in [-0.25, -0.2) is 4.98 Å². The van der Waals surface area contributed by atoms with Crippen molar-refractivity contribution in [3.05, 3.63) is 30.7 Å². The maximum absolute atomic E-state index is 5.01. The molecule has 2 nitrogen and oxygen atoms in total. The second kappa shape index (κ2) is 2.95. The third kappa shape index (κ3) is 1.10. The van der Waals surface area contributed by atoms with Gasteiger partial charge in [0.2, 0.25) is 0 Å². The Bertz CT molecular complexity index is 288. The molecular formula is C7H5IrNO. The van der Waals surface area contributed by atoms with Crippen molar-refractivity contribution in [2.75, 3.05) is 0 Å². The van der Waals surface area contributed by atoms with E-state index in [2.05, 4.69) is 4.98 Å². The van der Waals surface area contributed by atoms with Gasteiger partial charge in [0.05, 0.1) is 0 Å². The summed E-state index contributed by atoms with van der Waals surface area (Å²) in [4.78, 5) is 3.95. The predicted molar refractivity (Wildman–Crippen MR) is 34.0 cm³/mol. The monoisotopic (exact) mass is 312 g/mol. The summed E-state index contributed by atoms with van der Waals surface area (Å²) < 4.78 is 5.01. The second-order valence-corrected chi connectivity index (χ2v) is 1.82. The average molecular weight is 311 g/mol. The molecule has 0 spiro atoms. The van der Waals surface area contributed by atoms with Crippen LogP contribution in [0.1, 0.15) is 0 Å². The largest absolute Gasteiger partial charge is 0.443 e. The van der Waals surface area contributed by atoms with Crippen molar-refractivity contribution < 1.29 is 24.5 Å². The first kappa shape index (κ1) is 7.45. The second-order valence-electron chi connectivity index (χ2n) is 1.82. The van der Waals surface area contributed by atoms with Gasteiger partial charge < -0.3 is 4.42 Å². The summed E-state index contributed by atoms with van der Waals surface area (Å²) in [6.45, 7) is 0. The molecule has 1 radical (unpaired) electrons. The van der Waals surface area contributed by atoms with E-state index in [1.54, 1.807) is 0 Å². The van der Waals surface area contributed by atoms with Crippen molar-refractivity contribution in [2.45, 2.75) is 0 Å². The zero-order valence-electron chi connectivity index (χ0n) is 5.08. The quantitative estimate of drug-likeness (QED) is 0.742. The molecule has 3 heteroatoms. The summed E-state index contributed by atoms with van der Waals surface area (Å²) in [6, 6.07) is 7.67. The van der Waals surface area contributed by atoms with Crippen molar-refractivity contribution in [1.82, 2.24) is 4.98 Å².